The van der Waals surface area contributed by atoms with E-state index in [0.717, 1.165) is 0 Å². The fraction of sp³-hybridized carbons (Fsp3) is 0.500. The predicted molar refractivity (Wildman–Crippen MR) is 67.7 cm³/mol. The van der Waals surface area contributed by atoms with Crippen LogP contribution in [0.25, 0.3) is 0 Å². The maximum absolute atomic E-state index is 10.7. The average molecular weight is 253 g/mol. The van der Waals surface area contributed by atoms with E-state index in [9.17, 15) is 15.0 Å². The molecule has 0 aliphatic heterocycles. The van der Waals surface area contributed by atoms with Gasteiger partial charge in [-0.3, -0.25) is 9.78 Å². The average Bonchev–Trinajstić information content (AvgIpc) is 2.31. The molecule has 5 N–H and O–H groups in total. The van der Waals surface area contributed by atoms with E-state index in [2.05, 4.69) is 10.3 Å². The van der Waals surface area contributed by atoms with Gasteiger partial charge in [0.2, 0.25) is 5.91 Å². The van der Waals surface area contributed by atoms with Gasteiger partial charge in [0.15, 0.2) is 0 Å². The van der Waals surface area contributed by atoms with Crippen LogP contribution in [0.5, 0.6) is 0 Å². The van der Waals surface area contributed by atoms with Crippen molar-refractivity contribution < 1.29 is 15.0 Å². The first-order valence-corrected chi connectivity index (χ1v) is 5.74. The number of pyridine rings is 1. The number of carbonyl (C=O) groups is 1. The number of nitrogens with zero attached hydrogens (tertiary/aromatic N) is 1. The Morgan fingerprint density at radius 3 is 2.78 bits per heavy atom. The highest BCUT2D eigenvalue weighted by Gasteiger charge is 2.19. The molecule has 100 valence electrons. The van der Waals surface area contributed by atoms with Crippen LogP contribution in [-0.2, 0) is 4.79 Å². The van der Waals surface area contributed by atoms with Crippen LogP contribution in [0.2, 0.25) is 0 Å². The normalized spacial score (nSPS) is 14.0. The van der Waals surface area contributed by atoms with Crippen molar-refractivity contribution in [1.29, 1.82) is 0 Å². The second-order valence-electron chi connectivity index (χ2n) is 4.23. The van der Waals surface area contributed by atoms with Gasteiger partial charge in [-0.1, -0.05) is 0 Å². The molecule has 0 aromatic carbocycles. The molecule has 0 bridgehead atoms. The molecule has 2 unspecified atom stereocenters. The summed E-state index contributed by atoms with van der Waals surface area (Å²) in [6.07, 6.45) is -0.290. The number of aryl methyl sites for hydroxylation is 1. The van der Waals surface area contributed by atoms with Gasteiger partial charge < -0.3 is 21.3 Å². The van der Waals surface area contributed by atoms with Gasteiger partial charge in [0, 0.05) is 25.2 Å². The molecule has 0 radical (unpaired) electrons. The Labute approximate surface area is 106 Å². The van der Waals surface area contributed by atoms with Gasteiger partial charge in [0.05, 0.1) is 17.5 Å². The molecule has 1 aromatic heterocycles. The number of amides is 1. The quantitative estimate of drug-likeness (QED) is 0.585. The zero-order chi connectivity index (χ0) is 13.7. The van der Waals surface area contributed by atoms with Crippen LogP contribution in [0.3, 0.4) is 0 Å². The Morgan fingerprint density at radius 2 is 2.22 bits per heavy atom. The summed E-state index contributed by atoms with van der Waals surface area (Å²) >= 11 is 0. The Morgan fingerprint density at radius 1 is 1.56 bits per heavy atom. The minimum absolute atomic E-state index is 0.169. The highest BCUT2D eigenvalue weighted by Crippen LogP contribution is 2.21. The second-order valence-corrected chi connectivity index (χ2v) is 4.23. The molecule has 1 amide bonds. The van der Waals surface area contributed by atoms with Gasteiger partial charge in [0.1, 0.15) is 6.10 Å². The first kappa shape index (κ1) is 14.4. The van der Waals surface area contributed by atoms with Gasteiger partial charge in [-0.2, -0.15) is 0 Å². The van der Waals surface area contributed by atoms with Crippen LogP contribution in [-0.4, -0.2) is 33.8 Å². The maximum Gasteiger partial charge on any atom is 0.216 e. The van der Waals surface area contributed by atoms with E-state index in [0.29, 0.717) is 23.5 Å². The van der Waals surface area contributed by atoms with Crippen molar-refractivity contribution in [3.63, 3.8) is 0 Å². The third-order valence-electron chi connectivity index (χ3n) is 2.67. The zero-order valence-corrected chi connectivity index (χ0v) is 10.6. The van der Waals surface area contributed by atoms with E-state index in [-0.39, 0.29) is 12.3 Å². The second kappa shape index (κ2) is 6.32. The number of hydrogen-bond donors (Lipinski definition) is 4. The van der Waals surface area contributed by atoms with Crippen molar-refractivity contribution in [3.8, 4) is 0 Å². The molecule has 0 aliphatic rings. The fourth-order valence-electron chi connectivity index (χ4n) is 1.51. The molecular weight excluding hydrogens is 234 g/mol. The van der Waals surface area contributed by atoms with Gasteiger partial charge in [-0.25, -0.2) is 0 Å². The lowest BCUT2D eigenvalue weighted by Crippen LogP contribution is -2.27. The van der Waals surface area contributed by atoms with Gasteiger partial charge in [-0.15, -0.1) is 0 Å². The highest BCUT2D eigenvalue weighted by atomic mass is 16.3. The molecule has 1 rings (SSSR count). The van der Waals surface area contributed by atoms with Crippen molar-refractivity contribution >= 4 is 11.6 Å². The number of hydrogen-bond acceptors (Lipinski definition) is 5. The number of aliphatic hydroxyl groups excluding tert-OH is 2. The number of nitrogens with one attached hydrogen (secondary N) is 1. The number of aromatic nitrogens is 1. The Kier molecular flexibility index (Phi) is 5.06. The fourth-order valence-corrected chi connectivity index (χ4v) is 1.51. The topological polar surface area (TPSA) is 108 Å². The minimum Gasteiger partial charge on any atom is -0.397 e. The predicted octanol–water partition coefficient (Wildman–Crippen LogP) is -0.107. The number of aliphatic hydroxyl groups is 2. The third-order valence-corrected chi connectivity index (χ3v) is 2.67. The van der Waals surface area contributed by atoms with Crippen LogP contribution >= 0.6 is 0 Å². The lowest BCUT2D eigenvalue weighted by atomic mass is 10.0. The number of carbonyl (C=O) groups excluding carboxylic acids is 1. The van der Waals surface area contributed by atoms with Gasteiger partial charge >= 0.3 is 0 Å². The van der Waals surface area contributed by atoms with E-state index in [1.807, 2.05) is 0 Å². The highest BCUT2D eigenvalue weighted by molar-refractivity contribution is 5.72. The molecule has 2 atom stereocenters. The largest absolute Gasteiger partial charge is 0.397 e. The van der Waals surface area contributed by atoms with Crippen LogP contribution in [0, 0.1) is 6.92 Å². The lowest BCUT2D eigenvalue weighted by Gasteiger charge is -2.18. The molecular formula is C12H19N3O3. The molecule has 6 heteroatoms. The zero-order valence-electron chi connectivity index (χ0n) is 10.6. The number of anilines is 1. The van der Waals surface area contributed by atoms with Crippen LogP contribution in [0.15, 0.2) is 12.3 Å². The van der Waals surface area contributed by atoms with Crippen molar-refractivity contribution in [2.24, 2.45) is 0 Å². The Balaban J connectivity index is 2.59. The summed E-state index contributed by atoms with van der Waals surface area (Å²) in [5.41, 5.74) is 7.30. The minimum atomic E-state index is -1.06. The number of nitrogens with two attached hydrogens (primary N) is 1. The summed E-state index contributed by atoms with van der Waals surface area (Å²) in [6.45, 7) is 3.47. The van der Waals surface area contributed by atoms with Crippen molar-refractivity contribution in [3.05, 3.63) is 23.5 Å². The summed E-state index contributed by atoms with van der Waals surface area (Å²) in [7, 11) is 0. The summed E-state index contributed by atoms with van der Waals surface area (Å²) in [5, 5.41) is 22.2. The van der Waals surface area contributed by atoms with Gasteiger partial charge in [-0.05, 0) is 19.4 Å². The lowest BCUT2D eigenvalue weighted by molar-refractivity contribution is -0.119. The first-order valence-electron chi connectivity index (χ1n) is 5.74. The molecule has 1 heterocycles. The SMILES string of the molecule is CC(=O)NCCC(O)C(O)c1cnc(C)c(N)c1. The van der Waals surface area contributed by atoms with Crippen LogP contribution in [0.4, 0.5) is 5.69 Å². The van der Waals surface area contributed by atoms with E-state index < -0.39 is 12.2 Å². The Hall–Kier alpha value is -1.66. The summed E-state index contributed by atoms with van der Waals surface area (Å²) in [5.74, 6) is -0.169. The third kappa shape index (κ3) is 3.97. The monoisotopic (exact) mass is 253 g/mol. The summed E-state index contributed by atoms with van der Waals surface area (Å²) in [6, 6.07) is 1.59. The van der Waals surface area contributed by atoms with Crippen LogP contribution < -0.4 is 11.1 Å². The standard InChI is InChI=1S/C12H19N3O3/c1-7-10(13)5-9(6-15-7)12(18)11(17)3-4-14-8(2)16/h5-6,11-12,17-18H,3-4,13H2,1-2H3,(H,14,16). The number of rotatable bonds is 5. The molecule has 0 spiro atoms. The van der Waals surface area contributed by atoms with Crippen molar-refractivity contribution in [2.45, 2.75) is 32.5 Å². The number of nitrogen functional groups attached to an aromatic ring is 1. The summed E-state index contributed by atoms with van der Waals surface area (Å²) < 4.78 is 0. The molecule has 18 heavy (non-hydrogen) atoms. The van der Waals surface area contributed by atoms with Crippen LogP contribution in [0.1, 0.15) is 30.7 Å². The van der Waals surface area contributed by atoms with Crippen molar-refractivity contribution in [2.75, 3.05) is 12.3 Å². The van der Waals surface area contributed by atoms with E-state index >= 15 is 0 Å². The van der Waals surface area contributed by atoms with E-state index in [4.69, 9.17) is 5.73 Å². The molecule has 6 nitrogen and oxygen atoms in total. The maximum atomic E-state index is 10.7. The Bertz CT molecular complexity index is 423. The molecule has 0 aliphatic carbocycles. The van der Waals surface area contributed by atoms with Gasteiger partial charge in [0.25, 0.3) is 0 Å². The smallest absolute Gasteiger partial charge is 0.216 e. The van der Waals surface area contributed by atoms with E-state index in [1.54, 1.807) is 13.0 Å². The summed E-state index contributed by atoms with van der Waals surface area (Å²) in [4.78, 5) is 14.7. The molecule has 0 saturated carbocycles. The molecule has 0 fully saturated rings. The molecule has 1 aromatic rings. The van der Waals surface area contributed by atoms with Crippen molar-refractivity contribution in [1.82, 2.24) is 10.3 Å². The van der Waals surface area contributed by atoms with E-state index in [1.165, 1.54) is 13.1 Å². The molecule has 0 saturated heterocycles. The first-order chi connectivity index (χ1) is 8.41.